The van der Waals surface area contributed by atoms with Crippen molar-refractivity contribution in [2.75, 3.05) is 7.05 Å². The molecule has 3 heteroatoms. The summed E-state index contributed by atoms with van der Waals surface area (Å²) in [7, 11) is 1.69. The van der Waals surface area contributed by atoms with Gasteiger partial charge in [-0.05, 0) is 20.4 Å². The summed E-state index contributed by atoms with van der Waals surface area (Å²) in [6, 6.07) is -0.394. The summed E-state index contributed by atoms with van der Waals surface area (Å²) in [6.45, 7) is 3.57. The van der Waals surface area contributed by atoms with Crippen LogP contribution < -0.4 is 5.32 Å². The first kappa shape index (κ1) is 10.6. The summed E-state index contributed by atoms with van der Waals surface area (Å²) in [4.78, 5) is 11.2. The quantitative estimate of drug-likeness (QED) is 0.607. The fraction of sp³-hybridized carbons (Fsp3) is 0.875. The van der Waals surface area contributed by atoms with Gasteiger partial charge in [0, 0.05) is 6.42 Å². The lowest BCUT2D eigenvalue weighted by molar-refractivity contribution is -0.123. The topological polar surface area (TPSA) is 49.3 Å². The van der Waals surface area contributed by atoms with Crippen LogP contribution in [0.4, 0.5) is 0 Å². The molecule has 0 aliphatic carbocycles. The molecular formula is C8H17NO2. The molecule has 0 fully saturated rings. The minimum absolute atomic E-state index is 0.0880. The minimum Gasteiger partial charge on any atom is -0.391 e. The lowest BCUT2D eigenvalue weighted by Crippen LogP contribution is -2.42. The van der Waals surface area contributed by atoms with Gasteiger partial charge < -0.3 is 10.4 Å². The average Bonchev–Trinajstić information content (AvgIpc) is 1.88. The van der Waals surface area contributed by atoms with Gasteiger partial charge in [0.05, 0.1) is 12.1 Å². The van der Waals surface area contributed by atoms with Crippen molar-refractivity contribution in [1.82, 2.24) is 5.32 Å². The highest BCUT2D eigenvalue weighted by atomic mass is 16.3. The van der Waals surface area contributed by atoms with Gasteiger partial charge in [0.2, 0.25) is 0 Å². The van der Waals surface area contributed by atoms with E-state index in [0.29, 0.717) is 6.42 Å². The van der Waals surface area contributed by atoms with Crippen molar-refractivity contribution < 1.29 is 9.90 Å². The second-order valence-corrected chi connectivity index (χ2v) is 2.72. The Morgan fingerprint density at radius 3 is 2.45 bits per heavy atom. The van der Waals surface area contributed by atoms with E-state index in [0.717, 1.165) is 6.42 Å². The van der Waals surface area contributed by atoms with Gasteiger partial charge in [-0.3, -0.25) is 4.79 Å². The zero-order chi connectivity index (χ0) is 8.85. The van der Waals surface area contributed by atoms with Gasteiger partial charge in [-0.1, -0.05) is 6.92 Å². The molecule has 66 valence electrons. The van der Waals surface area contributed by atoms with Crippen LogP contribution in [0.2, 0.25) is 0 Å². The second kappa shape index (κ2) is 5.27. The first-order chi connectivity index (χ1) is 5.13. The summed E-state index contributed by atoms with van der Waals surface area (Å²) in [5.74, 6) is 0.0880. The number of aliphatic hydroxyl groups excluding tert-OH is 1. The molecule has 0 bridgehead atoms. The van der Waals surface area contributed by atoms with Crippen molar-refractivity contribution in [3.05, 3.63) is 0 Å². The van der Waals surface area contributed by atoms with Gasteiger partial charge in [-0.2, -0.15) is 0 Å². The van der Waals surface area contributed by atoms with Crippen molar-refractivity contribution in [3.8, 4) is 0 Å². The Balaban J connectivity index is 3.92. The van der Waals surface area contributed by atoms with Gasteiger partial charge in [0.25, 0.3) is 0 Å². The highest BCUT2D eigenvalue weighted by Gasteiger charge is 2.19. The molecule has 0 saturated heterocycles. The van der Waals surface area contributed by atoms with E-state index < -0.39 is 12.1 Å². The Bertz CT molecular complexity index is 123. The van der Waals surface area contributed by atoms with Gasteiger partial charge in [-0.25, -0.2) is 0 Å². The summed E-state index contributed by atoms with van der Waals surface area (Å²) < 4.78 is 0. The molecule has 11 heavy (non-hydrogen) atoms. The number of carbonyl (C=O) groups is 1. The van der Waals surface area contributed by atoms with Crippen molar-refractivity contribution >= 4 is 5.78 Å². The van der Waals surface area contributed by atoms with Crippen LogP contribution in [0.25, 0.3) is 0 Å². The maximum atomic E-state index is 11.2. The van der Waals surface area contributed by atoms with E-state index in [1.54, 1.807) is 14.0 Å². The molecule has 3 nitrogen and oxygen atoms in total. The van der Waals surface area contributed by atoms with Crippen molar-refractivity contribution in [1.29, 1.82) is 0 Å². The van der Waals surface area contributed by atoms with Crippen molar-refractivity contribution in [3.63, 3.8) is 0 Å². The third-order valence-corrected chi connectivity index (χ3v) is 1.64. The standard InChI is InChI=1S/C8H17NO2/c1-4-5-7(11)8(9-3)6(2)10/h6,8-10H,4-5H2,1-3H3/t6?,8-/m0/s1. The van der Waals surface area contributed by atoms with Crippen LogP contribution in [0.15, 0.2) is 0 Å². The first-order valence-electron chi connectivity index (χ1n) is 4.01. The van der Waals surface area contributed by atoms with E-state index in [-0.39, 0.29) is 5.78 Å². The van der Waals surface area contributed by atoms with Crippen LogP contribution in [0.1, 0.15) is 26.7 Å². The first-order valence-corrected chi connectivity index (χ1v) is 4.01. The number of hydrogen-bond acceptors (Lipinski definition) is 3. The molecule has 0 aliphatic rings. The van der Waals surface area contributed by atoms with Crippen molar-refractivity contribution in [2.45, 2.75) is 38.8 Å². The van der Waals surface area contributed by atoms with Crippen LogP contribution >= 0.6 is 0 Å². The highest BCUT2D eigenvalue weighted by molar-refractivity contribution is 5.84. The van der Waals surface area contributed by atoms with Crippen LogP contribution in [-0.4, -0.2) is 30.1 Å². The molecule has 0 spiro atoms. The molecule has 0 radical (unpaired) electrons. The Morgan fingerprint density at radius 2 is 2.18 bits per heavy atom. The number of hydrogen-bond donors (Lipinski definition) is 2. The Morgan fingerprint density at radius 1 is 1.64 bits per heavy atom. The molecule has 0 aromatic heterocycles. The molecule has 0 aromatic rings. The third kappa shape index (κ3) is 3.49. The molecule has 0 saturated carbocycles. The number of likely N-dealkylation sites (N-methyl/N-ethyl adjacent to an activating group) is 1. The normalized spacial score (nSPS) is 16.0. The Hall–Kier alpha value is -0.410. The lowest BCUT2D eigenvalue weighted by atomic mass is 10.0. The largest absolute Gasteiger partial charge is 0.391 e. The molecular weight excluding hydrogens is 142 g/mol. The molecule has 0 amide bonds. The van der Waals surface area contributed by atoms with Gasteiger partial charge >= 0.3 is 0 Å². The monoisotopic (exact) mass is 159 g/mol. The van der Waals surface area contributed by atoms with Crippen molar-refractivity contribution in [2.24, 2.45) is 0 Å². The van der Waals surface area contributed by atoms with Crippen LogP contribution in [0, 0.1) is 0 Å². The van der Waals surface area contributed by atoms with E-state index in [9.17, 15) is 4.79 Å². The molecule has 0 aliphatic heterocycles. The number of aliphatic hydroxyl groups is 1. The average molecular weight is 159 g/mol. The third-order valence-electron chi connectivity index (χ3n) is 1.64. The maximum absolute atomic E-state index is 11.2. The van der Waals surface area contributed by atoms with Crippen LogP contribution in [0.5, 0.6) is 0 Å². The Labute approximate surface area is 67.8 Å². The van der Waals surface area contributed by atoms with E-state index >= 15 is 0 Å². The number of nitrogens with one attached hydrogen (secondary N) is 1. The van der Waals surface area contributed by atoms with E-state index in [1.807, 2.05) is 6.92 Å². The van der Waals surface area contributed by atoms with Crippen LogP contribution in [-0.2, 0) is 4.79 Å². The highest BCUT2D eigenvalue weighted by Crippen LogP contribution is 1.99. The summed E-state index contributed by atoms with van der Waals surface area (Å²) in [5, 5.41) is 11.9. The Kier molecular flexibility index (Phi) is 5.07. The van der Waals surface area contributed by atoms with Gasteiger partial charge in [-0.15, -0.1) is 0 Å². The summed E-state index contributed by atoms with van der Waals surface area (Å²) >= 11 is 0. The minimum atomic E-state index is -0.598. The van der Waals surface area contributed by atoms with Gasteiger partial charge in [0.1, 0.15) is 0 Å². The maximum Gasteiger partial charge on any atom is 0.152 e. The lowest BCUT2D eigenvalue weighted by Gasteiger charge is -2.16. The zero-order valence-corrected chi connectivity index (χ0v) is 7.42. The van der Waals surface area contributed by atoms with E-state index in [1.165, 1.54) is 0 Å². The second-order valence-electron chi connectivity index (χ2n) is 2.72. The molecule has 0 rings (SSSR count). The number of rotatable bonds is 5. The summed E-state index contributed by atoms with van der Waals surface area (Å²) in [5.41, 5.74) is 0. The molecule has 1 unspecified atom stereocenters. The fourth-order valence-electron chi connectivity index (χ4n) is 1.07. The molecule has 2 N–H and O–H groups in total. The predicted octanol–water partition coefficient (Wildman–Crippen LogP) is 0.324. The van der Waals surface area contributed by atoms with Crippen LogP contribution in [0.3, 0.4) is 0 Å². The molecule has 0 aromatic carbocycles. The SMILES string of the molecule is CCCC(=O)[C@@H](NC)C(C)O. The summed E-state index contributed by atoms with van der Waals surface area (Å²) in [6.07, 6.45) is 0.777. The van der Waals surface area contributed by atoms with Gasteiger partial charge in [0.15, 0.2) is 5.78 Å². The smallest absolute Gasteiger partial charge is 0.152 e. The fourth-order valence-corrected chi connectivity index (χ4v) is 1.07. The van der Waals surface area contributed by atoms with E-state index in [4.69, 9.17) is 5.11 Å². The number of carbonyl (C=O) groups excluding carboxylic acids is 1. The molecule has 0 heterocycles. The molecule has 2 atom stereocenters. The number of ketones is 1. The number of Topliss-reactive ketones (excluding diaryl/α,β-unsaturated/α-hetero) is 1. The zero-order valence-electron chi connectivity index (χ0n) is 7.42. The predicted molar refractivity (Wildman–Crippen MR) is 44.4 cm³/mol. The van der Waals surface area contributed by atoms with E-state index in [2.05, 4.69) is 5.32 Å².